The number of hydrogen-bond acceptors (Lipinski definition) is 2. The van der Waals surface area contributed by atoms with Gasteiger partial charge >= 0.3 is 0 Å². The third-order valence-electron chi connectivity index (χ3n) is 3.64. The average molecular weight is 226 g/mol. The van der Waals surface area contributed by atoms with Gasteiger partial charge in [0.05, 0.1) is 0 Å². The van der Waals surface area contributed by atoms with Crippen molar-refractivity contribution >= 4 is 0 Å². The van der Waals surface area contributed by atoms with Crippen LogP contribution < -0.4 is 5.32 Å². The number of rotatable bonds is 8. The molecule has 2 nitrogen and oxygen atoms in total. The maximum absolute atomic E-state index is 3.51. The molecule has 2 unspecified atom stereocenters. The number of hydrogen-bond donors (Lipinski definition) is 1. The van der Waals surface area contributed by atoms with Gasteiger partial charge in [-0.1, -0.05) is 6.92 Å². The molecule has 0 aliphatic heterocycles. The fourth-order valence-electron chi connectivity index (χ4n) is 2.58. The SMILES string of the molecule is CCNC(C)CC(C)N(CC1CC1)C(C)C. The van der Waals surface area contributed by atoms with Gasteiger partial charge in [0.25, 0.3) is 0 Å². The van der Waals surface area contributed by atoms with E-state index >= 15 is 0 Å². The Hall–Kier alpha value is -0.0800. The Labute approximate surface area is 102 Å². The van der Waals surface area contributed by atoms with Crippen molar-refractivity contribution in [2.75, 3.05) is 13.1 Å². The van der Waals surface area contributed by atoms with E-state index in [-0.39, 0.29) is 0 Å². The third-order valence-corrected chi connectivity index (χ3v) is 3.64. The van der Waals surface area contributed by atoms with Crippen molar-refractivity contribution in [2.24, 2.45) is 5.92 Å². The Morgan fingerprint density at radius 1 is 1.19 bits per heavy atom. The van der Waals surface area contributed by atoms with Crippen LogP contribution in [0.2, 0.25) is 0 Å². The van der Waals surface area contributed by atoms with Crippen molar-refractivity contribution in [3.63, 3.8) is 0 Å². The summed E-state index contributed by atoms with van der Waals surface area (Å²) in [4.78, 5) is 2.69. The second-order valence-corrected chi connectivity index (χ2v) is 5.78. The molecule has 1 aliphatic carbocycles. The summed E-state index contributed by atoms with van der Waals surface area (Å²) in [5, 5.41) is 3.51. The molecular formula is C14H30N2. The van der Waals surface area contributed by atoms with E-state index in [1.165, 1.54) is 25.8 Å². The molecule has 0 heterocycles. The van der Waals surface area contributed by atoms with Crippen LogP contribution in [0.25, 0.3) is 0 Å². The summed E-state index contributed by atoms with van der Waals surface area (Å²) in [6.07, 6.45) is 4.18. The molecule has 0 saturated heterocycles. The van der Waals surface area contributed by atoms with Crippen LogP contribution in [0, 0.1) is 5.92 Å². The highest BCUT2D eigenvalue weighted by atomic mass is 15.2. The van der Waals surface area contributed by atoms with Crippen molar-refractivity contribution in [3.05, 3.63) is 0 Å². The molecule has 1 aliphatic rings. The molecule has 0 spiro atoms. The highest BCUT2D eigenvalue weighted by Crippen LogP contribution is 2.31. The topological polar surface area (TPSA) is 15.3 Å². The summed E-state index contributed by atoms with van der Waals surface area (Å²) >= 11 is 0. The van der Waals surface area contributed by atoms with Gasteiger partial charge in [0, 0.05) is 24.7 Å². The highest BCUT2D eigenvalue weighted by Gasteiger charge is 2.28. The highest BCUT2D eigenvalue weighted by molar-refractivity contribution is 4.82. The van der Waals surface area contributed by atoms with Crippen LogP contribution in [0.5, 0.6) is 0 Å². The van der Waals surface area contributed by atoms with Crippen LogP contribution in [0.15, 0.2) is 0 Å². The number of nitrogens with zero attached hydrogens (tertiary/aromatic N) is 1. The zero-order chi connectivity index (χ0) is 12.1. The third kappa shape index (κ3) is 4.84. The van der Waals surface area contributed by atoms with Crippen LogP contribution in [0.4, 0.5) is 0 Å². The second kappa shape index (κ2) is 6.61. The molecule has 0 aromatic rings. The normalized spacial score (nSPS) is 20.4. The summed E-state index contributed by atoms with van der Waals surface area (Å²) in [6, 6.07) is 2.03. The average Bonchev–Trinajstić information content (AvgIpc) is 2.97. The molecule has 0 radical (unpaired) electrons. The van der Waals surface area contributed by atoms with Crippen LogP contribution in [-0.2, 0) is 0 Å². The summed E-state index contributed by atoms with van der Waals surface area (Å²) in [5.74, 6) is 0.999. The first-order valence-electron chi connectivity index (χ1n) is 7.03. The summed E-state index contributed by atoms with van der Waals surface area (Å²) in [6.45, 7) is 13.9. The molecule has 96 valence electrons. The molecule has 1 rings (SSSR count). The van der Waals surface area contributed by atoms with Crippen LogP contribution in [-0.4, -0.2) is 36.1 Å². The standard InChI is InChI=1S/C14H30N2/c1-6-15-12(4)9-13(5)16(11(2)3)10-14-7-8-14/h11-15H,6-10H2,1-5H3. The minimum atomic E-state index is 0.639. The van der Waals surface area contributed by atoms with Gasteiger partial charge in [0.2, 0.25) is 0 Å². The van der Waals surface area contributed by atoms with Gasteiger partial charge in [-0.05, 0) is 59.4 Å². The van der Waals surface area contributed by atoms with E-state index < -0.39 is 0 Å². The molecule has 16 heavy (non-hydrogen) atoms. The predicted molar refractivity (Wildman–Crippen MR) is 71.8 cm³/mol. The van der Waals surface area contributed by atoms with E-state index in [1.54, 1.807) is 0 Å². The quantitative estimate of drug-likeness (QED) is 0.684. The van der Waals surface area contributed by atoms with E-state index in [9.17, 15) is 0 Å². The van der Waals surface area contributed by atoms with Crippen molar-refractivity contribution in [3.8, 4) is 0 Å². The predicted octanol–water partition coefficient (Wildman–Crippen LogP) is 2.88. The Kier molecular flexibility index (Phi) is 5.77. The maximum Gasteiger partial charge on any atom is 0.00844 e. The molecule has 2 atom stereocenters. The Bertz CT molecular complexity index is 187. The zero-order valence-electron chi connectivity index (χ0n) is 11.8. The van der Waals surface area contributed by atoms with E-state index in [4.69, 9.17) is 0 Å². The zero-order valence-corrected chi connectivity index (χ0v) is 11.8. The summed E-state index contributed by atoms with van der Waals surface area (Å²) in [7, 11) is 0. The molecule has 0 aromatic heterocycles. The largest absolute Gasteiger partial charge is 0.314 e. The summed E-state index contributed by atoms with van der Waals surface area (Å²) in [5.41, 5.74) is 0. The lowest BCUT2D eigenvalue weighted by Gasteiger charge is -2.34. The molecule has 1 fully saturated rings. The first-order valence-corrected chi connectivity index (χ1v) is 7.03. The lowest BCUT2D eigenvalue weighted by Crippen LogP contribution is -2.43. The fraction of sp³-hybridized carbons (Fsp3) is 1.00. The smallest absolute Gasteiger partial charge is 0.00844 e. The molecule has 1 saturated carbocycles. The molecule has 0 bridgehead atoms. The minimum absolute atomic E-state index is 0.639. The lowest BCUT2D eigenvalue weighted by atomic mass is 10.1. The van der Waals surface area contributed by atoms with Crippen LogP contribution >= 0.6 is 0 Å². The fourth-order valence-corrected chi connectivity index (χ4v) is 2.58. The molecule has 0 amide bonds. The van der Waals surface area contributed by atoms with E-state index in [0.717, 1.165) is 12.5 Å². The second-order valence-electron chi connectivity index (χ2n) is 5.78. The van der Waals surface area contributed by atoms with Gasteiger partial charge in [0.1, 0.15) is 0 Å². The molecule has 1 N–H and O–H groups in total. The summed E-state index contributed by atoms with van der Waals surface area (Å²) < 4.78 is 0. The van der Waals surface area contributed by atoms with E-state index in [2.05, 4.69) is 44.8 Å². The Morgan fingerprint density at radius 2 is 1.81 bits per heavy atom. The lowest BCUT2D eigenvalue weighted by molar-refractivity contribution is 0.141. The van der Waals surface area contributed by atoms with Gasteiger partial charge in [0.15, 0.2) is 0 Å². The van der Waals surface area contributed by atoms with Gasteiger partial charge in [-0.25, -0.2) is 0 Å². The molecule has 2 heteroatoms. The van der Waals surface area contributed by atoms with Gasteiger partial charge in [-0.2, -0.15) is 0 Å². The van der Waals surface area contributed by atoms with Crippen LogP contribution in [0.3, 0.4) is 0 Å². The van der Waals surface area contributed by atoms with E-state index in [0.29, 0.717) is 18.1 Å². The number of nitrogens with one attached hydrogen (secondary N) is 1. The van der Waals surface area contributed by atoms with Crippen molar-refractivity contribution in [2.45, 2.75) is 72.0 Å². The van der Waals surface area contributed by atoms with Crippen molar-refractivity contribution < 1.29 is 0 Å². The maximum atomic E-state index is 3.51. The van der Waals surface area contributed by atoms with E-state index in [1.807, 2.05) is 0 Å². The molecule has 0 aromatic carbocycles. The Morgan fingerprint density at radius 3 is 2.25 bits per heavy atom. The Balaban J connectivity index is 2.36. The van der Waals surface area contributed by atoms with Gasteiger partial charge in [-0.3, -0.25) is 4.90 Å². The monoisotopic (exact) mass is 226 g/mol. The van der Waals surface area contributed by atoms with Gasteiger partial charge in [-0.15, -0.1) is 0 Å². The van der Waals surface area contributed by atoms with Gasteiger partial charge < -0.3 is 5.32 Å². The first-order chi connectivity index (χ1) is 7.54. The molecular weight excluding hydrogens is 196 g/mol. The minimum Gasteiger partial charge on any atom is -0.314 e. The first kappa shape index (κ1) is 14.0. The van der Waals surface area contributed by atoms with Crippen molar-refractivity contribution in [1.29, 1.82) is 0 Å². The van der Waals surface area contributed by atoms with Crippen LogP contribution in [0.1, 0.15) is 53.9 Å². The van der Waals surface area contributed by atoms with Crippen molar-refractivity contribution in [1.82, 2.24) is 10.2 Å².